The number of amides is 1. The molecule has 4 heteroatoms. The van der Waals surface area contributed by atoms with Crippen molar-refractivity contribution in [1.29, 1.82) is 0 Å². The second-order valence-corrected chi connectivity index (χ2v) is 9.20. The maximum Gasteiger partial charge on any atom is 0.220 e. The summed E-state index contributed by atoms with van der Waals surface area (Å²) < 4.78 is 10.9. The number of hydrogen-bond donors (Lipinski definition) is 1. The molecule has 148 valence electrons. The molecule has 4 aliphatic rings. The van der Waals surface area contributed by atoms with Crippen LogP contribution in [0.4, 0.5) is 0 Å². The minimum absolute atomic E-state index is 0.177. The maximum atomic E-state index is 12.5. The van der Waals surface area contributed by atoms with Gasteiger partial charge in [-0.25, -0.2) is 0 Å². The molecule has 0 radical (unpaired) electrons. The molecule has 1 amide bonds. The summed E-state index contributed by atoms with van der Waals surface area (Å²) in [7, 11) is 1.65. The van der Waals surface area contributed by atoms with Gasteiger partial charge in [-0.3, -0.25) is 4.79 Å². The highest BCUT2D eigenvalue weighted by Crippen LogP contribution is 2.61. The molecule has 27 heavy (non-hydrogen) atoms. The quantitative estimate of drug-likeness (QED) is 0.681. The Morgan fingerprint density at radius 2 is 1.63 bits per heavy atom. The number of carbonyl (C=O) groups excluding carboxylic acids is 1. The normalized spacial score (nSPS) is 32.1. The number of benzene rings is 1. The predicted octanol–water partition coefficient (Wildman–Crippen LogP) is 4.58. The van der Waals surface area contributed by atoms with Crippen molar-refractivity contribution < 1.29 is 14.3 Å². The van der Waals surface area contributed by atoms with Gasteiger partial charge in [0, 0.05) is 12.5 Å². The SMILES string of the molecule is COc1ccc(OCCCC(=O)N[C@H](C)C23CC4CC(CC(C4)C2)C3)cc1. The van der Waals surface area contributed by atoms with E-state index in [-0.39, 0.29) is 5.91 Å². The van der Waals surface area contributed by atoms with Gasteiger partial charge in [0.1, 0.15) is 11.5 Å². The van der Waals surface area contributed by atoms with Crippen molar-refractivity contribution in [2.24, 2.45) is 23.2 Å². The highest BCUT2D eigenvalue weighted by Gasteiger charge is 2.53. The van der Waals surface area contributed by atoms with Gasteiger partial charge in [-0.15, -0.1) is 0 Å². The van der Waals surface area contributed by atoms with E-state index in [1.54, 1.807) is 7.11 Å². The highest BCUT2D eigenvalue weighted by molar-refractivity contribution is 5.76. The topological polar surface area (TPSA) is 47.6 Å². The molecule has 1 atom stereocenters. The number of hydrogen-bond acceptors (Lipinski definition) is 3. The van der Waals surface area contributed by atoms with Crippen molar-refractivity contribution in [1.82, 2.24) is 5.32 Å². The first-order valence-corrected chi connectivity index (χ1v) is 10.6. The molecule has 0 unspecified atom stereocenters. The van der Waals surface area contributed by atoms with E-state index < -0.39 is 0 Å². The second-order valence-electron chi connectivity index (χ2n) is 9.20. The molecule has 0 spiro atoms. The van der Waals surface area contributed by atoms with Gasteiger partial charge in [-0.1, -0.05) is 0 Å². The Labute approximate surface area is 163 Å². The molecule has 4 bridgehead atoms. The van der Waals surface area contributed by atoms with Crippen molar-refractivity contribution in [3.63, 3.8) is 0 Å². The monoisotopic (exact) mass is 371 g/mol. The van der Waals surface area contributed by atoms with Gasteiger partial charge in [0.25, 0.3) is 0 Å². The van der Waals surface area contributed by atoms with E-state index in [0.29, 0.717) is 24.5 Å². The molecule has 0 heterocycles. The fourth-order valence-electron chi connectivity index (χ4n) is 6.27. The molecule has 4 aliphatic carbocycles. The molecule has 0 aliphatic heterocycles. The summed E-state index contributed by atoms with van der Waals surface area (Å²) in [4.78, 5) is 12.5. The van der Waals surface area contributed by atoms with Crippen molar-refractivity contribution >= 4 is 5.91 Å². The standard InChI is InChI=1S/C23H33NO3/c1-16(23-13-17-10-18(14-23)12-19(11-17)15-23)24-22(25)4-3-9-27-21-7-5-20(26-2)6-8-21/h5-8,16-19H,3-4,9-15H2,1-2H3,(H,24,25)/t16-,17?,18?,19?,23?/m1/s1. The van der Waals surface area contributed by atoms with Crippen LogP contribution in [0.3, 0.4) is 0 Å². The summed E-state index contributed by atoms with van der Waals surface area (Å²) in [6, 6.07) is 7.87. The third-order valence-corrected chi connectivity index (χ3v) is 7.26. The van der Waals surface area contributed by atoms with E-state index in [0.717, 1.165) is 35.7 Å². The van der Waals surface area contributed by atoms with Crippen LogP contribution in [0.25, 0.3) is 0 Å². The highest BCUT2D eigenvalue weighted by atomic mass is 16.5. The van der Waals surface area contributed by atoms with E-state index in [2.05, 4.69) is 12.2 Å². The molecule has 1 aromatic carbocycles. The van der Waals surface area contributed by atoms with Crippen molar-refractivity contribution in [3.05, 3.63) is 24.3 Å². The Morgan fingerprint density at radius 3 is 2.19 bits per heavy atom. The minimum Gasteiger partial charge on any atom is -0.497 e. The van der Waals surface area contributed by atoms with Crippen LogP contribution in [0, 0.1) is 23.2 Å². The Bertz CT molecular complexity index is 619. The molecular weight excluding hydrogens is 338 g/mol. The summed E-state index contributed by atoms with van der Waals surface area (Å²) in [5.41, 5.74) is 0.379. The van der Waals surface area contributed by atoms with Gasteiger partial charge >= 0.3 is 0 Å². The molecule has 4 saturated carbocycles. The van der Waals surface area contributed by atoms with Crippen LogP contribution < -0.4 is 14.8 Å². The van der Waals surface area contributed by atoms with Crippen LogP contribution in [0.1, 0.15) is 58.3 Å². The number of ether oxygens (including phenoxy) is 2. The average molecular weight is 372 g/mol. The largest absolute Gasteiger partial charge is 0.497 e. The lowest BCUT2D eigenvalue weighted by Gasteiger charge is -2.59. The van der Waals surface area contributed by atoms with Crippen molar-refractivity contribution in [2.45, 2.75) is 64.3 Å². The number of carbonyl (C=O) groups is 1. The molecule has 1 N–H and O–H groups in total. The zero-order valence-electron chi connectivity index (χ0n) is 16.7. The van der Waals surface area contributed by atoms with Crippen LogP contribution >= 0.6 is 0 Å². The number of nitrogens with one attached hydrogen (secondary N) is 1. The number of methoxy groups -OCH3 is 1. The summed E-state index contributed by atoms with van der Waals surface area (Å²) in [5, 5.41) is 3.34. The molecule has 0 saturated heterocycles. The number of rotatable bonds is 8. The van der Waals surface area contributed by atoms with Gasteiger partial charge in [0.2, 0.25) is 5.91 Å². The summed E-state index contributed by atoms with van der Waals surface area (Å²) >= 11 is 0. The average Bonchev–Trinajstić information content (AvgIpc) is 2.64. The Morgan fingerprint density at radius 1 is 1.07 bits per heavy atom. The van der Waals surface area contributed by atoms with Crippen LogP contribution in [0.15, 0.2) is 24.3 Å². The molecule has 4 nitrogen and oxygen atoms in total. The Hall–Kier alpha value is -1.71. The van der Waals surface area contributed by atoms with E-state index in [4.69, 9.17) is 9.47 Å². The molecular formula is C23H33NO3. The predicted molar refractivity (Wildman–Crippen MR) is 106 cm³/mol. The van der Waals surface area contributed by atoms with Gasteiger partial charge in [0.15, 0.2) is 0 Å². The van der Waals surface area contributed by atoms with E-state index in [1.165, 1.54) is 38.5 Å². The first-order chi connectivity index (χ1) is 13.1. The fourth-order valence-corrected chi connectivity index (χ4v) is 6.27. The van der Waals surface area contributed by atoms with Gasteiger partial charge < -0.3 is 14.8 Å². The van der Waals surface area contributed by atoms with Gasteiger partial charge in [-0.2, -0.15) is 0 Å². The Kier molecular flexibility index (Phi) is 5.34. The fraction of sp³-hybridized carbons (Fsp3) is 0.696. The molecule has 4 fully saturated rings. The van der Waals surface area contributed by atoms with Gasteiger partial charge in [-0.05, 0) is 99.3 Å². The lowest BCUT2D eigenvalue weighted by molar-refractivity contribution is -0.126. The van der Waals surface area contributed by atoms with E-state index in [9.17, 15) is 4.79 Å². The first kappa shape index (κ1) is 18.6. The zero-order chi connectivity index (χ0) is 18.9. The van der Waals surface area contributed by atoms with Crippen molar-refractivity contribution in [2.75, 3.05) is 13.7 Å². The van der Waals surface area contributed by atoms with E-state index in [1.807, 2.05) is 24.3 Å². The second kappa shape index (κ2) is 7.73. The van der Waals surface area contributed by atoms with Gasteiger partial charge in [0.05, 0.1) is 13.7 Å². The van der Waals surface area contributed by atoms with Crippen LogP contribution in [-0.2, 0) is 4.79 Å². The van der Waals surface area contributed by atoms with Crippen LogP contribution in [-0.4, -0.2) is 25.7 Å². The summed E-state index contributed by atoms with van der Waals surface area (Å²) in [6.45, 7) is 2.81. The van der Waals surface area contributed by atoms with Crippen LogP contribution in [0.5, 0.6) is 11.5 Å². The first-order valence-electron chi connectivity index (χ1n) is 10.6. The molecule has 1 aromatic rings. The smallest absolute Gasteiger partial charge is 0.220 e. The van der Waals surface area contributed by atoms with E-state index >= 15 is 0 Å². The summed E-state index contributed by atoms with van der Waals surface area (Å²) in [6.07, 6.45) is 9.62. The lowest BCUT2D eigenvalue weighted by atomic mass is 9.48. The van der Waals surface area contributed by atoms with Crippen LogP contribution in [0.2, 0.25) is 0 Å². The third-order valence-electron chi connectivity index (χ3n) is 7.26. The minimum atomic E-state index is 0.177. The lowest BCUT2D eigenvalue weighted by Crippen LogP contribution is -2.55. The maximum absolute atomic E-state index is 12.5. The summed E-state index contributed by atoms with van der Waals surface area (Å²) in [5.74, 6) is 4.59. The Balaban J connectivity index is 1.20. The van der Waals surface area contributed by atoms with Crippen molar-refractivity contribution in [3.8, 4) is 11.5 Å². The zero-order valence-corrected chi connectivity index (χ0v) is 16.7. The third kappa shape index (κ3) is 4.09. The molecule has 5 rings (SSSR count). The molecule has 0 aromatic heterocycles.